The summed E-state index contributed by atoms with van der Waals surface area (Å²) in [6.07, 6.45) is 4.37. The van der Waals surface area contributed by atoms with E-state index >= 15 is 0 Å². The molecule has 2 aromatic rings. The molecule has 1 heterocycles. The van der Waals surface area contributed by atoms with Crippen LogP contribution in [0, 0.1) is 0 Å². The van der Waals surface area contributed by atoms with Crippen molar-refractivity contribution in [3.05, 3.63) is 52.4 Å². The van der Waals surface area contributed by atoms with Gasteiger partial charge in [0.2, 0.25) is 0 Å². The summed E-state index contributed by atoms with van der Waals surface area (Å²) in [6, 6.07) is 7.27. The third-order valence-corrected chi connectivity index (χ3v) is 5.00. The summed E-state index contributed by atoms with van der Waals surface area (Å²) in [6.45, 7) is 4.09. The molecule has 114 valence electrons. The van der Waals surface area contributed by atoms with Gasteiger partial charge in [-0.15, -0.1) is 0 Å². The number of halogens is 1. The lowest BCUT2D eigenvalue weighted by Crippen LogP contribution is -2.05. The van der Waals surface area contributed by atoms with Crippen molar-refractivity contribution in [2.45, 2.75) is 37.5 Å². The molecule has 0 bridgehead atoms. The second-order valence-electron chi connectivity index (χ2n) is 5.49. The Morgan fingerprint density at radius 2 is 1.95 bits per heavy atom. The molecule has 21 heavy (non-hydrogen) atoms. The van der Waals surface area contributed by atoms with Crippen LogP contribution in [0.1, 0.15) is 36.7 Å². The van der Waals surface area contributed by atoms with Gasteiger partial charge in [-0.2, -0.15) is 0 Å². The molecule has 0 N–H and O–H groups in total. The number of hydrogen-bond acceptors (Lipinski definition) is 3. The summed E-state index contributed by atoms with van der Waals surface area (Å²) < 4.78 is 28.9. The first-order valence-electron chi connectivity index (χ1n) is 6.84. The number of sulfone groups is 1. The second kappa shape index (κ2) is 6.24. The summed E-state index contributed by atoms with van der Waals surface area (Å²) in [5, 5.41) is 0.288. The molecule has 2 rings (SSSR count). The van der Waals surface area contributed by atoms with Gasteiger partial charge in [-0.05, 0) is 47.7 Å². The van der Waals surface area contributed by atoms with E-state index in [9.17, 15) is 8.42 Å². The molecule has 0 unspecified atom stereocenters. The van der Waals surface area contributed by atoms with Crippen LogP contribution in [0.5, 0.6) is 0 Å². The zero-order chi connectivity index (χ0) is 15.6. The van der Waals surface area contributed by atoms with Gasteiger partial charge in [-0.25, -0.2) is 8.42 Å². The van der Waals surface area contributed by atoms with E-state index in [-0.39, 0.29) is 15.8 Å². The monoisotopic (exact) mass is 326 g/mol. The summed E-state index contributed by atoms with van der Waals surface area (Å²) >= 11 is 6.15. The highest BCUT2D eigenvalue weighted by atomic mass is 35.5. The van der Waals surface area contributed by atoms with Crippen LogP contribution in [-0.4, -0.2) is 14.7 Å². The Morgan fingerprint density at radius 3 is 2.48 bits per heavy atom. The lowest BCUT2D eigenvalue weighted by atomic mass is 9.94. The summed E-state index contributed by atoms with van der Waals surface area (Å²) in [5.41, 5.74) is 2.09. The molecule has 3 nitrogen and oxygen atoms in total. The normalized spacial score (nSPS) is 12.0. The zero-order valence-electron chi connectivity index (χ0n) is 12.4. The minimum atomic E-state index is -3.31. The van der Waals surface area contributed by atoms with Crippen molar-refractivity contribution < 1.29 is 12.8 Å². The maximum atomic E-state index is 11.8. The highest BCUT2D eigenvalue weighted by molar-refractivity contribution is 7.90. The molecule has 0 saturated heterocycles. The van der Waals surface area contributed by atoms with Crippen LogP contribution in [0.3, 0.4) is 0 Å². The number of furan rings is 1. The Balaban J connectivity index is 2.38. The first-order chi connectivity index (χ1) is 9.79. The fourth-order valence-electron chi connectivity index (χ4n) is 2.36. The lowest BCUT2D eigenvalue weighted by molar-refractivity contribution is 0.508. The Labute approximate surface area is 130 Å². The van der Waals surface area contributed by atoms with Gasteiger partial charge in [0.15, 0.2) is 9.84 Å². The smallest absolute Gasteiger partial charge is 0.177 e. The number of benzene rings is 1. The van der Waals surface area contributed by atoms with Gasteiger partial charge < -0.3 is 4.42 Å². The molecule has 0 radical (unpaired) electrons. The van der Waals surface area contributed by atoms with Crippen LogP contribution in [0.25, 0.3) is 0 Å². The highest BCUT2D eigenvalue weighted by Gasteiger charge is 2.17. The van der Waals surface area contributed by atoms with Gasteiger partial charge in [0, 0.05) is 12.7 Å². The van der Waals surface area contributed by atoms with Gasteiger partial charge in [0.25, 0.3) is 0 Å². The van der Waals surface area contributed by atoms with E-state index < -0.39 is 9.84 Å². The zero-order valence-corrected chi connectivity index (χ0v) is 14.0. The van der Waals surface area contributed by atoms with Crippen LogP contribution in [0.2, 0.25) is 5.02 Å². The first kappa shape index (κ1) is 16.1. The largest absolute Gasteiger partial charge is 0.469 e. The molecule has 5 heteroatoms. The van der Waals surface area contributed by atoms with Crippen molar-refractivity contribution in [2.24, 2.45) is 0 Å². The molecule has 0 amide bonds. The molecule has 0 spiro atoms. The summed E-state index contributed by atoms with van der Waals surface area (Å²) in [7, 11) is -3.31. The molecular weight excluding hydrogens is 308 g/mol. The average Bonchev–Trinajstić information content (AvgIpc) is 2.87. The van der Waals surface area contributed by atoms with Crippen molar-refractivity contribution in [3.8, 4) is 0 Å². The first-order valence-corrected chi connectivity index (χ1v) is 9.10. The molecule has 0 saturated carbocycles. The predicted octanol–water partition coefficient (Wildman–Crippen LogP) is 4.25. The third-order valence-electron chi connectivity index (χ3n) is 3.44. The van der Waals surface area contributed by atoms with E-state index in [0.717, 1.165) is 29.7 Å². The SMILES string of the molecule is CC(C)c1cc(S(C)(=O)=O)c(Cl)cc1CCc1ccco1. The van der Waals surface area contributed by atoms with E-state index in [1.807, 2.05) is 26.0 Å². The Bertz CT molecular complexity index is 716. The predicted molar refractivity (Wildman–Crippen MR) is 84.8 cm³/mol. The third kappa shape index (κ3) is 3.89. The maximum Gasteiger partial charge on any atom is 0.177 e. The fraction of sp³-hybridized carbons (Fsp3) is 0.375. The Kier molecular flexibility index (Phi) is 4.79. The summed E-state index contributed by atoms with van der Waals surface area (Å²) in [5.74, 6) is 1.14. The molecule has 0 fully saturated rings. The Morgan fingerprint density at radius 1 is 1.24 bits per heavy atom. The average molecular weight is 327 g/mol. The molecule has 1 aromatic heterocycles. The van der Waals surface area contributed by atoms with E-state index in [0.29, 0.717) is 0 Å². The number of hydrogen-bond donors (Lipinski definition) is 0. The Hall–Kier alpha value is -1.26. The molecule has 0 aliphatic carbocycles. The molecule has 0 aliphatic heterocycles. The number of aryl methyl sites for hydroxylation is 2. The van der Waals surface area contributed by atoms with Crippen LogP contribution < -0.4 is 0 Å². The minimum Gasteiger partial charge on any atom is -0.469 e. The van der Waals surface area contributed by atoms with E-state index in [4.69, 9.17) is 16.0 Å². The quantitative estimate of drug-likeness (QED) is 0.825. The van der Waals surface area contributed by atoms with Crippen LogP contribution >= 0.6 is 11.6 Å². The van der Waals surface area contributed by atoms with E-state index in [2.05, 4.69) is 0 Å². The molecule has 0 aliphatic rings. The van der Waals surface area contributed by atoms with Crippen LogP contribution in [-0.2, 0) is 22.7 Å². The van der Waals surface area contributed by atoms with Crippen molar-refractivity contribution in [1.29, 1.82) is 0 Å². The fourth-order valence-corrected chi connectivity index (χ4v) is 3.72. The van der Waals surface area contributed by atoms with Crippen molar-refractivity contribution in [1.82, 2.24) is 0 Å². The van der Waals surface area contributed by atoms with Crippen molar-refractivity contribution in [2.75, 3.05) is 6.26 Å². The molecule has 1 aromatic carbocycles. The minimum absolute atomic E-state index is 0.203. The highest BCUT2D eigenvalue weighted by Crippen LogP contribution is 2.30. The van der Waals surface area contributed by atoms with Crippen molar-refractivity contribution in [3.63, 3.8) is 0 Å². The van der Waals surface area contributed by atoms with Gasteiger partial charge in [0.1, 0.15) is 5.76 Å². The van der Waals surface area contributed by atoms with Gasteiger partial charge in [-0.1, -0.05) is 25.4 Å². The van der Waals surface area contributed by atoms with E-state index in [1.54, 1.807) is 18.4 Å². The van der Waals surface area contributed by atoms with E-state index in [1.165, 1.54) is 6.26 Å². The van der Waals surface area contributed by atoms with Gasteiger partial charge >= 0.3 is 0 Å². The molecular formula is C16H19ClO3S. The second-order valence-corrected chi connectivity index (χ2v) is 7.88. The van der Waals surface area contributed by atoms with Crippen LogP contribution in [0.15, 0.2) is 39.8 Å². The van der Waals surface area contributed by atoms with Gasteiger partial charge in [-0.3, -0.25) is 0 Å². The molecule has 0 atom stereocenters. The lowest BCUT2D eigenvalue weighted by Gasteiger charge is -2.15. The summed E-state index contributed by atoms with van der Waals surface area (Å²) in [4.78, 5) is 0.203. The van der Waals surface area contributed by atoms with Gasteiger partial charge in [0.05, 0.1) is 16.2 Å². The van der Waals surface area contributed by atoms with Crippen LogP contribution in [0.4, 0.5) is 0 Å². The van der Waals surface area contributed by atoms with Crippen molar-refractivity contribution >= 4 is 21.4 Å². The standard InChI is InChI=1S/C16H19ClO3S/c1-11(2)14-10-16(21(3,18)19)15(17)9-12(14)6-7-13-5-4-8-20-13/h4-5,8-11H,6-7H2,1-3H3. The topological polar surface area (TPSA) is 47.3 Å². The maximum absolute atomic E-state index is 11.8. The number of rotatable bonds is 5.